The Hall–Kier alpha value is -2.38. The number of nitrogens with zero attached hydrogens (tertiary/aromatic N) is 1. The summed E-state index contributed by atoms with van der Waals surface area (Å²) in [5.41, 5.74) is 0.191. The van der Waals surface area contributed by atoms with Crippen molar-refractivity contribution in [1.29, 1.82) is 0 Å². The van der Waals surface area contributed by atoms with Gasteiger partial charge in [-0.3, -0.25) is 0 Å². The van der Waals surface area contributed by atoms with Crippen LogP contribution in [0.25, 0.3) is 0 Å². The number of methoxy groups -OCH3 is 1. The third-order valence-corrected chi connectivity index (χ3v) is 6.70. The zero-order valence-electron chi connectivity index (χ0n) is 15.4. The fraction of sp³-hybridized carbons (Fsp3) is 0.350. The Morgan fingerprint density at radius 2 is 1.78 bits per heavy atom. The number of piperidine rings is 1. The lowest BCUT2D eigenvalue weighted by Crippen LogP contribution is -2.41. The van der Waals surface area contributed by atoms with E-state index in [1.807, 2.05) is 6.92 Å². The molecule has 2 aromatic carbocycles. The molecule has 2 aromatic rings. The molecule has 1 atom stereocenters. The lowest BCUT2D eigenvalue weighted by molar-refractivity contribution is 0.0734. The molecule has 0 amide bonds. The van der Waals surface area contributed by atoms with E-state index in [1.54, 1.807) is 43.5 Å². The van der Waals surface area contributed by atoms with Crippen LogP contribution in [-0.4, -0.2) is 38.4 Å². The minimum absolute atomic E-state index is 0.0429. The van der Waals surface area contributed by atoms with Crippen molar-refractivity contribution in [1.82, 2.24) is 4.31 Å². The molecule has 0 aromatic heterocycles. The number of carbonyl (C=O) groups excluding carboxylic acids is 1. The van der Waals surface area contributed by atoms with Crippen LogP contribution in [0.3, 0.4) is 0 Å². The molecular weight excluding hydrogens is 366 g/mol. The van der Waals surface area contributed by atoms with E-state index in [9.17, 15) is 13.2 Å². The van der Waals surface area contributed by atoms with E-state index in [-0.39, 0.29) is 16.5 Å². The van der Waals surface area contributed by atoms with Crippen molar-refractivity contribution in [3.63, 3.8) is 0 Å². The Labute approximate surface area is 159 Å². The number of rotatable bonds is 5. The van der Waals surface area contributed by atoms with E-state index in [1.165, 1.54) is 16.4 Å². The van der Waals surface area contributed by atoms with Crippen molar-refractivity contribution in [2.24, 2.45) is 0 Å². The summed E-state index contributed by atoms with van der Waals surface area (Å²) in [6.45, 7) is 2.42. The first-order valence-electron chi connectivity index (χ1n) is 8.90. The van der Waals surface area contributed by atoms with Crippen LogP contribution in [0, 0.1) is 0 Å². The van der Waals surface area contributed by atoms with E-state index in [2.05, 4.69) is 0 Å². The molecule has 1 unspecified atom stereocenters. The fourth-order valence-corrected chi connectivity index (χ4v) is 4.90. The molecule has 0 radical (unpaired) electrons. The molecule has 7 heteroatoms. The van der Waals surface area contributed by atoms with Gasteiger partial charge in [0.2, 0.25) is 10.0 Å². The molecular formula is C20H23NO5S. The summed E-state index contributed by atoms with van der Waals surface area (Å²) in [7, 11) is -2.09. The van der Waals surface area contributed by atoms with Crippen LogP contribution >= 0.6 is 0 Å². The van der Waals surface area contributed by atoms with Crippen molar-refractivity contribution >= 4 is 16.0 Å². The third kappa shape index (κ3) is 4.31. The van der Waals surface area contributed by atoms with E-state index in [4.69, 9.17) is 9.47 Å². The molecule has 0 N–H and O–H groups in total. The Morgan fingerprint density at radius 1 is 1.07 bits per heavy atom. The number of hydrogen-bond donors (Lipinski definition) is 0. The standard InChI is InChI=1S/C20H23NO5S/c1-15-6-3-4-13-21(15)27(23,24)19-8-5-7-16(14-19)20(22)26-18-11-9-17(25-2)10-12-18/h5,7-12,14-15H,3-4,6,13H2,1-2H3. The molecule has 1 saturated heterocycles. The number of hydrogen-bond acceptors (Lipinski definition) is 5. The molecule has 0 aliphatic carbocycles. The van der Waals surface area contributed by atoms with Gasteiger partial charge >= 0.3 is 5.97 Å². The summed E-state index contributed by atoms with van der Waals surface area (Å²) in [4.78, 5) is 12.5. The van der Waals surface area contributed by atoms with E-state index >= 15 is 0 Å². The van der Waals surface area contributed by atoms with Crippen LogP contribution in [0.4, 0.5) is 0 Å². The molecule has 27 heavy (non-hydrogen) atoms. The summed E-state index contributed by atoms with van der Waals surface area (Å²) in [6, 6.07) is 12.6. The number of ether oxygens (including phenoxy) is 2. The lowest BCUT2D eigenvalue weighted by Gasteiger charge is -2.32. The highest BCUT2D eigenvalue weighted by Crippen LogP contribution is 2.26. The average Bonchev–Trinajstić information content (AvgIpc) is 2.69. The van der Waals surface area contributed by atoms with Gasteiger partial charge in [-0.05, 0) is 62.2 Å². The number of carbonyl (C=O) groups is 1. The SMILES string of the molecule is COc1ccc(OC(=O)c2cccc(S(=O)(=O)N3CCCCC3C)c2)cc1. The summed E-state index contributed by atoms with van der Waals surface area (Å²) < 4.78 is 37.8. The molecule has 144 valence electrons. The molecule has 0 bridgehead atoms. The average molecular weight is 389 g/mol. The van der Waals surface area contributed by atoms with Crippen LogP contribution in [0.2, 0.25) is 0 Å². The van der Waals surface area contributed by atoms with Gasteiger partial charge in [-0.1, -0.05) is 12.5 Å². The van der Waals surface area contributed by atoms with Gasteiger partial charge in [-0.2, -0.15) is 4.31 Å². The second-order valence-electron chi connectivity index (χ2n) is 6.55. The Kier molecular flexibility index (Phi) is 5.82. The lowest BCUT2D eigenvalue weighted by atomic mass is 10.1. The third-order valence-electron chi connectivity index (χ3n) is 4.69. The highest BCUT2D eigenvalue weighted by atomic mass is 32.2. The molecule has 0 saturated carbocycles. The van der Waals surface area contributed by atoms with Gasteiger partial charge in [0.1, 0.15) is 11.5 Å². The first-order valence-corrected chi connectivity index (χ1v) is 10.3. The predicted octanol–water partition coefficient (Wildman–Crippen LogP) is 3.48. The van der Waals surface area contributed by atoms with E-state index in [0.717, 1.165) is 19.3 Å². The zero-order valence-corrected chi connectivity index (χ0v) is 16.2. The van der Waals surface area contributed by atoms with Crippen LogP contribution in [0.15, 0.2) is 53.4 Å². The zero-order chi connectivity index (χ0) is 19.4. The Morgan fingerprint density at radius 3 is 2.44 bits per heavy atom. The maximum atomic E-state index is 13.0. The largest absolute Gasteiger partial charge is 0.497 e. The van der Waals surface area contributed by atoms with Gasteiger partial charge in [0.15, 0.2) is 0 Å². The second-order valence-corrected chi connectivity index (χ2v) is 8.44. The van der Waals surface area contributed by atoms with Crippen molar-refractivity contribution in [3.8, 4) is 11.5 Å². The summed E-state index contributed by atoms with van der Waals surface area (Å²) in [5, 5.41) is 0. The summed E-state index contributed by atoms with van der Waals surface area (Å²) in [5.74, 6) is 0.404. The van der Waals surface area contributed by atoms with Crippen LogP contribution in [0.5, 0.6) is 11.5 Å². The quantitative estimate of drug-likeness (QED) is 0.578. The molecule has 0 spiro atoms. The van der Waals surface area contributed by atoms with Crippen molar-refractivity contribution in [2.75, 3.05) is 13.7 Å². The summed E-state index contributed by atoms with van der Waals surface area (Å²) >= 11 is 0. The second kappa shape index (κ2) is 8.10. The normalized spacial score (nSPS) is 18.1. The van der Waals surface area contributed by atoms with Gasteiger partial charge < -0.3 is 9.47 Å². The van der Waals surface area contributed by atoms with Gasteiger partial charge in [0.25, 0.3) is 0 Å². The maximum Gasteiger partial charge on any atom is 0.343 e. The van der Waals surface area contributed by atoms with Crippen LogP contribution in [-0.2, 0) is 10.0 Å². The van der Waals surface area contributed by atoms with Gasteiger partial charge in [-0.25, -0.2) is 13.2 Å². The number of benzene rings is 2. The highest BCUT2D eigenvalue weighted by Gasteiger charge is 2.31. The minimum atomic E-state index is -3.64. The first kappa shape index (κ1) is 19.4. The van der Waals surface area contributed by atoms with Crippen molar-refractivity contribution in [3.05, 3.63) is 54.1 Å². The minimum Gasteiger partial charge on any atom is -0.497 e. The number of sulfonamides is 1. The topological polar surface area (TPSA) is 72.9 Å². The Balaban J connectivity index is 1.80. The maximum absolute atomic E-state index is 13.0. The predicted molar refractivity (Wildman–Crippen MR) is 102 cm³/mol. The molecule has 6 nitrogen and oxygen atoms in total. The monoisotopic (exact) mass is 389 g/mol. The smallest absolute Gasteiger partial charge is 0.343 e. The van der Waals surface area contributed by atoms with E-state index < -0.39 is 16.0 Å². The highest BCUT2D eigenvalue weighted by molar-refractivity contribution is 7.89. The van der Waals surface area contributed by atoms with Crippen molar-refractivity contribution < 1.29 is 22.7 Å². The number of esters is 1. The Bertz CT molecular complexity index is 908. The van der Waals surface area contributed by atoms with Crippen molar-refractivity contribution in [2.45, 2.75) is 37.1 Å². The molecule has 3 rings (SSSR count). The fourth-order valence-electron chi connectivity index (χ4n) is 3.16. The van der Waals surface area contributed by atoms with Gasteiger partial charge in [0.05, 0.1) is 17.6 Å². The van der Waals surface area contributed by atoms with Crippen LogP contribution in [0.1, 0.15) is 36.5 Å². The summed E-state index contributed by atoms with van der Waals surface area (Å²) in [6.07, 6.45) is 2.72. The van der Waals surface area contributed by atoms with Gasteiger partial charge in [0, 0.05) is 12.6 Å². The van der Waals surface area contributed by atoms with Gasteiger partial charge in [-0.15, -0.1) is 0 Å². The van der Waals surface area contributed by atoms with E-state index in [0.29, 0.717) is 18.0 Å². The molecule has 1 aliphatic heterocycles. The van der Waals surface area contributed by atoms with Crippen LogP contribution < -0.4 is 9.47 Å². The first-order chi connectivity index (χ1) is 12.9. The molecule has 1 fully saturated rings. The molecule has 1 aliphatic rings. The molecule has 1 heterocycles.